The smallest absolute Gasteiger partial charge is 0.349 e. The minimum absolute atomic E-state index is 0.428. The van der Waals surface area contributed by atoms with E-state index in [1.807, 2.05) is 0 Å². The van der Waals surface area contributed by atoms with Crippen LogP contribution in [0.25, 0.3) is 0 Å². The molecule has 0 aliphatic rings. The largest absolute Gasteiger partial charge is 0.448 e. The van der Waals surface area contributed by atoms with Gasteiger partial charge in [-0.3, -0.25) is 4.79 Å². The fourth-order valence-electron chi connectivity index (χ4n) is 1.46. The highest BCUT2D eigenvalue weighted by Crippen LogP contribution is 2.21. The first-order valence-corrected chi connectivity index (χ1v) is 7.13. The lowest BCUT2D eigenvalue weighted by Gasteiger charge is -2.13. The monoisotopic (exact) mass is 309 g/mol. The van der Waals surface area contributed by atoms with E-state index in [0.717, 1.165) is 0 Å². The number of para-hydroxylation sites is 1. The molecule has 0 unspecified atom stereocenters. The predicted octanol–water partition coefficient (Wildman–Crippen LogP) is 3.59. The molecule has 0 saturated heterocycles. The zero-order valence-corrected chi connectivity index (χ0v) is 12.2. The average Bonchev–Trinajstić information content (AvgIpc) is 2.95. The average molecular weight is 310 g/mol. The van der Waals surface area contributed by atoms with Crippen molar-refractivity contribution < 1.29 is 14.3 Å². The van der Waals surface area contributed by atoms with E-state index in [4.69, 9.17) is 16.3 Å². The van der Waals surface area contributed by atoms with E-state index >= 15 is 0 Å². The molecule has 1 N–H and O–H groups in total. The van der Waals surface area contributed by atoms with Crippen molar-refractivity contribution in [2.24, 2.45) is 0 Å². The minimum Gasteiger partial charge on any atom is -0.448 e. The Labute approximate surface area is 125 Å². The molecule has 0 saturated carbocycles. The number of carbonyl (C=O) groups is 2. The van der Waals surface area contributed by atoms with Gasteiger partial charge in [0, 0.05) is 0 Å². The zero-order valence-electron chi connectivity index (χ0n) is 10.6. The molecule has 0 fully saturated rings. The van der Waals surface area contributed by atoms with Crippen molar-refractivity contribution in [3.8, 4) is 0 Å². The molecule has 0 bridgehead atoms. The van der Waals surface area contributed by atoms with Crippen LogP contribution in [-0.2, 0) is 9.53 Å². The summed E-state index contributed by atoms with van der Waals surface area (Å²) in [5.41, 5.74) is 0.484. The summed E-state index contributed by atoms with van der Waals surface area (Å²) in [6, 6.07) is 10.2. The summed E-state index contributed by atoms with van der Waals surface area (Å²) in [5.74, 6) is -0.940. The topological polar surface area (TPSA) is 55.4 Å². The van der Waals surface area contributed by atoms with Crippen LogP contribution >= 0.6 is 22.9 Å². The van der Waals surface area contributed by atoms with Gasteiger partial charge in [0.2, 0.25) is 0 Å². The number of halogens is 1. The SMILES string of the molecule is C[C@H](OC(=O)c1cccs1)C(=O)Nc1ccccc1Cl. The van der Waals surface area contributed by atoms with Crippen LogP contribution in [0.1, 0.15) is 16.6 Å². The first-order chi connectivity index (χ1) is 9.58. The molecular formula is C14H12ClNO3S. The summed E-state index contributed by atoms with van der Waals surface area (Å²) in [7, 11) is 0. The van der Waals surface area contributed by atoms with Gasteiger partial charge in [0.25, 0.3) is 5.91 Å². The number of ether oxygens (including phenoxy) is 1. The number of benzene rings is 1. The Balaban J connectivity index is 1.96. The van der Waals surface area contributed by atoms with Gasteiger partial charge in [-0.05, 0) is 30.5 Å². The maximum atomic E-state index is 11.9. The van der Waals surface area contributed by atoms with Crippen LogP contribution in [0.15, 0.2) is 41.8 Å². The Hall–Kier alpha value is -1.85. The second-order valence-corrected chi connectivity index (χ2v) is 5.35. The van der Waals surface area contributed by atoms with E-state index in [0.29, 0.717) is 15.6 Å². The third-order valence-corrected chi connectivity index (χ3v) is 3.69. The second-order valence-electron chi connectivity index (χ2n) is 3.99. The number of hydrogen-bond donors (Lipinski definition) is 1. The third-order valence-electron chi connectivity index (χ3n) is 2.51. The molecule has 104 valence electrons. The van der Waals surface area contributed by atoms with Gasteiger partial charge >= 0.3 is 5.97 Å². The van der Waals surface area contributed by atoms with E-state index in [9.17, 15) is 9.59 Å². The van der Waals surface area contributed by atoms with Gasteiger partial charge in [-0.1, -0.05) is 29.8 Å². The second kappa shape index (κ2) is 6.54. The normalized spacial score (nSPS) is 11.7. The molecule has 0 aliphatic heterocycles. The fraction of sp³-hybridized carbons (Fsp3) is 0.143. The standard InChI is InChI=1S/C14H12ClNO3S/c1-9(19-14(18)12-7-4-8-20-12)13(17)16-11-6-3-2-5-10(11)15/h2-9H,1H3,(H,16,17)/t9-/m0/s1. The van der Waals surface area contributed by atoms with E-state index < -0.39 is 18.0 Å². The van der Waals surface area contributed by atoms with Crippen LogP contribution in [-0.4, -0.2) is 18.0 Å². The van der Waals surface area contributed by atoms with Crippen molar-refractivity contribution in [1.82, 2.24) is 0 Å². The van der Waals surface area contributed by atoms with E-state index in [1.165, 1.54) is 18.3 Å². The summed E-state index contributed by atoms with van der Waals surface area (Å²) < 4.78 is 5.08. The molecule has 1 amide bonds. The number of nitrogens with one attached hydrogen (secondary N) is 1. The summed E-state index contributed by atoms with van der Waals surface area (Å²) in [5, 5.41) is 4.81. The molecule has 0 spiro atoms. The van der Waals surface area contributed by atoms with Crippen molar-refractivity contribution in [2.75, 3.05) is 5.32 Å². The number of esters is 1. The van der Waals surface area contributed by atoms with Gasteiger partial charge in [-0.15, -0.1) is 11.3 Å². The Kier molecular flexibility index (Phi) is 4.76. The Morgan fingerprint density at radius 1 is 1.25 bits per heavy atom. The quantitative estimate of drug-likeness (QED) is 0.878. The van der Waals surface area contributed by atoms with E-state index in [-0.39, 0.29) is 0 Å². The van der Waals surface area contributed by atoms with E-state index in [1.54, 1.807) is 41.8 Å². The molecule has 1 heterocycles. The Morgan fingerprint density at radius 3 is 2.65 bits per heavy atom. The van der Waals surface area contributed by atoms with Crippen LogP contribution in [0.4, 0.5) is 5.69 Å². The molecule has 2 aromatic rings. The molecule has 4 nitrogen and oxygen atoms in total. The lowest BCUT2D eigenvalue weighted by Crippen LogP contribution is -2.29. The maximum Gasteiger partial charge on any atom is 0.349 e. The maximum absolute atomic E-state index is 11.9. The van der Waals surface area contributed by atoms with Crippen LogP contribution < -0.4 is 5.32 Å². The van der Waals surface area contributed by atoms with Crippen molar-refractivity contribution in [2.45, 2.75) is 13.0 Å². The van der Waals surface area contributed by atoms with Gasteiger partial charge in [-0.2, -0.15) is 0 Å². The first kappa shape index (κ1) is 14.6. The molecule has 1 atom stereocenters. The van der Waals surface area contributed by atoms with Crippen LogP contribution in [0.5, 0.6) is 0 Å². The number of anilines is 1. The van der Waals surface area contributed by atoms with Crippen molar-refractivity contribution in [1.29, 1.82) is 0 Å². The molecule has 0 aliphatic carbocycles. The lowest BCUT2D eigenvalue weighted by molar-refractivity contribution is -0.123. The Morgan fingerprint density at radius 2 is 2.00 bits per heavy atom. The summed E-state index contributed by atoms with van der Waals surface area (Å²) in [4.78, 5) is 24.1. The minimum atomic E-state index is -0.902. The molecule has 20 heavy (non-hydrogen) atoms. The van der Waals surface area contributed by atoms with Crippen LogP contribution in [0.3, 0.4) is 0 Å². The first-order valence-electron chi connectivity index (χ1n) is 5.88. The molecular weight excluding hydrogens is 298 g/mol. The fourth-order valence-corrected chi connectivity index (χ4v) is 2.25. The van der Waals surface area contributed by atoms with Gasteiger partial charge in [0.05, 0.1) is 10.7 Å². The number of thiophene rings is 1. The van der Waals surface area contributed by atoms with Gasteiger partial charge in [-0.25, -0.2) is 4.79 Å². The molecule has 2 rings (SSSR count). The highest BCUT2D eigenvalue weighted by Gasteiger charge is 2.20. The molecule has 0 radical (unpaired) electrons. The zero-order chi connectivity index (χ0) is 14.5. The third kappa shape index (κ3) is 3.59. The van der Waals surface area contributed by atoms with E-state index in [2.05, 4.69) is 5.32 Å². The van der Waals surface area contributed by atoms with Gasteiger partial charge < -0.3 is 10.1 Å². The number of carbonyl (C=O) groups excluding carboxylic acids is 2. The van der Waals surface area contributed by atoms with Crippen LogP contribution in [0.2, 0.25) is 5.02 Å². The highest BCUT2D eigenvalue weighted by molar-refractivity contribution is 7.11. The molecule has 6 heteroatoms. The van der Waals surface area contributed by atoms with Crippen LogP contribution in [0, 0.1) is 0 Å². The summed E-state index contributed by atoms with van der Waals surface area (Å²) >= 11 is 7.20. The number of amides is 1. The summed E-state index contributed by atoms with van der Waals surface area (Å²) in [6.07, 6.45) is -0.902. The number of hydrogen-bond acceptors (Lipinski definition) is 4. The van der Waals surface area contributed by atoms with Gasteiger partial charge in [0.15, 0.2) is 6.10 Å². The summed E-state index contributed by atoms with van der Waals surface area (Å²) in [6.45, 7) is 1.51. The van der Waals surface area contributed by atoms with Crippen molar-refractivity contribution in [3.63, 3.8) is 0 Å². The predicted molar refractivity (Wildman–Crippen MR) is 79.3 cm³/mol. The van der Waals surface area contributed by atoms with Crippen molar-refractivity contribution >= 4 is 40.5 Å². The van der Waals surface area contributed by atoms with Crippen molar-refractivity contribution in [3.05, 3.63) is 51.7 Å². The molecule has 1 aromatic heterocycles. The lowest BCUT2D eigenvalue weighted by atomic mass is 10.3. The number of rotatable bonds is 4. The molecule has 1 aromatic carbocycles. The highest BCUT2D eigenvalue weighted by atomic mass is 35.5. The Bertz CT molecular complexity index is 613. The van der Waals surface area contributed by atoms with Gasteiger partial charge in [0.1, 0.15) is 4.88 Å².